The monoisotopic (exact) mass is 224 g/mol. The van der Waals surface area contributed by atoms with Crippen molar-refractivity contribution in [2.24, 2.45) is 0 Å². The van der Waals surface area contributed by atoms with Crippen molar-refractivity contribution < 1.29 is 4.79 Å². The SMILES string of the molecule is CC(=O)N1CCN(Cc2cccs2)CC1. The van der Waals surface area contributed by atoms with Crippen LogP contribution in [-0.4, -0.2) is 41.9 Å². The molecule has 1 fully saturated rings. The van der Waals surface area contributed by atoms with E-state index in [2.05, 4.69) is 22.4 Å². The van der Waals surface area contributed by atoms with Crippen molar-refractivity contribution in [3.05, 3.63) is 22.4 Å². The van der Waals surface area contributed by atoms with Crippen molar-refractivity contribution in [2.75, 3.05) is 26.2 Å². The normalized spacial score (nSPS) is 18.1. The molecule has 0 atom stereocenters. The third kappa shape index (κ3) is 2.79. The first-order chi connectivity index (χ1) is 7.25. The Kier molecular flexibility index (Phi) is 3.38. The summed E-state index contributed by atoms with van der Waals surface area (Å²) >= 11 is 1.80. The molecule has 0 aromatic carbocycles. The Morgan fingerprint density at radius 1 is 1.40 bits per heavy atom. The highest BCUT2D eigenvalue weighted by atomic mass is 32.1. The van der Waals surface area contributed by atoms with Crippen LogP contribution in [0.4, 0.5) is 0 Å². The highest BCUT2D eigenvalue weighted by molar-refractivity contribution is 7.09. The first-order valence-corrected chi connectivity index (χ1v) is 6.14. The molecule has 2 rings (SSSR count). The summed E-state index contributed by atoms with van der Waals surface area (Å²) in [6.07, 6.45) is 0. The summed E-state index contributed by atoms with van der Waals surface area (Å²) in [5.41, 5.74) is 0. The van der Waals surface area contributed by atoms with Crippen LogP contribution in [0, 0.1) is 0 Å². The standard InChI is InChI=1S/C11H16N2OS/c1-10(14)13-6-4-12(5-7-13)9-11-3-2-8-15-11/h2-3,8H,4-7,9H2,1H3. The van der Waals surface area contributed by atoms with E-state index in [1.807, 2.05) is 4.90 Å². The van der Waals surface area contributed by atoms with Gasteiger partial charge < -0.3 is 4.90 Å². The third-order valence-corrected chi connectivity index (χ3v) is 3.64. The summed E-state index contributed by atoms with van der Waals surface area (Å²) in [5, 5.41) is 2.11. The number of carbonyl (C=O) groups is 1. The maximum Gasteiger partial charge on any atom is 0.219 e. The number of hydrogen-bond acceptors (Lipinski definition) is 3. The van der Waals surface area contributed by atoms with Gasteiger partial charge in [-0.25, -0.2) is 0 Å². The molecule has 2 heterocycles. The van der Waals surface area contributed by atoms with Crippen molar-refractivity contribution in [2.45, 2.75) is 13.5 Å². The Bertz CT molecular complexity index is 315. The van der Waals surface area contributed by atoms with Crippen molar-refractivity contribution in [1.29, 1.82) is 0 Å². The molecule has 1 aliphatic heterocycles. The maximum atomic E-state index is 11.1. The Morgan fingerprint density at radius 2 is 2.13 bits per heavy atom. The summed E-state index contributed by atoms with van der Waals surface area (Å²) in [6.45, 7) is 6.43. The molecular weight excluding hydrogens is 208 g/mol. The molecule has 0 spiro atoms. The van der Waals surface area contributed by atoms with Crippen molar-refractivity contribution in [1.82, 2.24) is 9.80 Å². The Hall–Kier alpha value is -0.870. The molecule has 0 N–H and O–H groups in total. The molecule has 0 aliphatic carbocycles. The quantitative estimate of drug-likeness (QED) is 0.758. The van der Waals surface area contributed by atoms with Gasteiger partial charge >= 0.3 is 0 Å². The van der Waals surface area contributed by atoms with Crippen molar-refractivity contribution >= 4 is 17.2 Å². The minimum absolute atomic E-state index is 0.200. The number of piperazine rings is 1. The molecule has 0 bridgehead atoms. The minimum atomic E-state index is 0.200. The predicted octanol–water partition coefficient (Wildman–Crippen LogP) is 1.41. The van der Waals surface area contributed by atoms with E-state index >= 15 is 0 Å². The van der Waals surface area contributed by atoms with Crippen LogP contribution in [0.1, 0.15) is 11.8 Å². The lowest BCUT2D eigenvalue weighted by Gasteiger charge is -2.33. The van der Waals surface area contributed by atoms with E-state index in [4.69, 9.17) is 0 Å². The fourth-order valence-electron chi connectivity index (χ4n) is 1.84. The second kappa shape index (κ2) is 4.77. The Balaban J connectivity index is 1.81. The Morgan fingerprint density at radius 3 is 2.67 bits per heavy atom. The highest BCUT2D eigenvalue weighted by Gasteiger charge is 2.18. The summed E-state index contributed by atoms with van der Waals surface area (Å²) in [5.74, 6) is 0.200. The number of thiophene rings is 1. The molecular formula is C11H16N2OS. The largest absolute Gasteiger partial charge is 0.340 e. The summed E-state index contributed by atoms with van der Waals surface area (Å²) in [6, 6.07) is 4.26. The fourth-order valence-corrected chi connectivity index (χ4v) is 2.59. The Labute approximate surface area is 94.3 Å². The molecule has 1 aliphatic rings. The van der Waals surface area contributed by atoms with E-state index in [0.717, 1.165) is 32.7 Å². The molecule has 1 aromatic heterocycles. The lowest BCUT2D eigenvalue weighted by atomic mass is 10.3. The van der Waals surface area contributed by atoms with Gasteiger partial charge in [-0.15, -0.1) is 11.3 Å². The lowest BCUT2D eigenvalue weighted by Crippen LogP contribution is -2.47. The first kappa shape index (κ1) is 10.6. The lowest BCUT2D eigenvalue weighted by molar-refractivity contribution is -0.130. The van der Waals surface area contributed by atoms with Crippen molar-refractivity contribution in [3.8, 4) is 0 Å². The summed E-state index contributed by atoms with van der Waals surface area (Å²) in [7, 11) is 0. The molecule has 0 unspecified atom stereocenters. The van der Waals surface area contributed by atoms with E-state index in [0.29, 0.717) is 0 Å². The van der Waals surface area contributed by atoms with Gasteiger partial charge in [-0.3, -0.25) is 9.69 Å². The number of carbonyl (C=O) groups excluding carboxylic acids is 1. The topological polar surface area (TPSA) is 23.6 Å². The molecule has 82 valence electrons. The molecule has 0 saturated carbocycles. The van der Waals surface area contributed by atoms with Crippen LogP contribution in [0.15, 0.2) is 17.5 Å². The third-order valence-electron chi connectivity index (χ3n) is 2.78. The van der Waals surface area contributed by atoms with E-state index in [9.17, 15) is 4.79 Å². The smallest absolute Gasteiger partial charge is 0.219 e. The second-order valence-electron chi connectivity index (χ2n) is 3.86. The molecule has 1 aromatic rings. The van der Waals surface area contributed by atoms with Gasteiger partial charge in [0.15, 0.2) is 0 Å². The van der Waals surface area contributed by atoms with Crippen LogP contribution in [0.25, 0.3) is 0 Å². The van der Waals surface area contributed by atoms with Gasteiger partial charge in [-0.1, -0.05) is 6.07 Å². The van der Waals surface area contributed by atoms with Gasteiger partial charge in [0.25, 0.3) is 0 Å². The predicted molar refractivity (Wildman–Crippen MR) is 61.9 cm³/mol. The summed E-state index contributed by atoms with van der Waals surface area (Å²) < 4.78 is 0. The van der Waals surface area contributed by atoms with Gasteiger partial charge in [0, 0.05) is 44.5 Å². The van der Waals surface area contributed by atoms with Crippen LogP contribution < -0.4 is 0 Å². The summed E-state index contributed by atoms with van der Waals surface area (Å²) in [4.78, 5) is 16.9. The zero-order valence-corrected chi connectivity index (χ0v) is 9.80. The van der Waals surface area contributed by atoms with Crippen LogP contribution >= 0.6 is 11.3 Å². The van der Waals surface area contributed by atoms with Crippen LogP contribution in [0.5, 0.6) is 0 Å². The van der Waals surface area contributed by atoms with Crippen LogP contribution in [0.2, 0.25) is 0 Å². The highest BCUT2D eigenvalue weighted by Crippen LogP contribution is 2.13. The second-order valence-corrected chi connectivity index (χ2v) is 4.89. The molecule has 3 nitrogen and oxygen atoms in total. The molecule has 1 saturated heterocycles. The molecule has 0 radical (unpaired) electrons. The van der Waals surface area contributed by atoms with Crippen molar-refractivity contribution in [3.63, 3.8) is 0 Å². The number of hydrogen-bond donors (Lipinski definition) is 0. The average molecular weight is 224 g/mol. The molecule has 4 heteroatoms. The van der Waals surface area contributed by atoms with Gasteiger partial charge in [-0.05, 0) is 11.4 Å². The zero-order chi connectivity index (χ0) is 10.7. The molecule has 15 heavy (non-hydrogen) atoms. The minimum Gasteiger partial charge on any atom is -0.340 e. The van der Waals surface area contributed by atoms with E-state index in [1.54, 1.807) is 18.3 Å². The van der Waals surface area contributed by atoms with E-state index in [1.165, 1.54) is 4.88 Å². The van der Waals surface area contributed by atoms with E-state index in [-0.39, 0.29) is 5.91 Å². The molecule has 1 amide bonds. The van der Waals surface area contributed by atoms with Gasteiger partial charge in [0.05, 0.1) is 0 Å². The first-order valence-electron chi connectivity index (χ1n) is 5.26. The van der Waals surface area contributed by atoms with Gasteiger partial charge in [0.1, 0.15) is 0 Å². The van der Waals surface area contributed by atoms with Crippen LogP contribution in [0.3, 0.4) is 0 Å². The number of nitrogens with zero attached hydrogens (tertiary/aromatic N) is 2. The van der Waals surface area contributed by atoms with Gasteiger partial charge in [-0.2, -0.15) is 0 Å². The van der Waals surface area contributed by atoms with Crippen LogP contribution in [-0.2, 0) is 11.3 Å². The zero-order valence-electron chi connectivity index (χ0n) is 8.98. The fraction of sp³-hybridized carbons (Fsp3) is 0.545. The maximum absolute atomic E-state index is 11.1. The number of amides is 1. The van der Waals surface area contributed by atoms with Gasteiger partial charge in [0.2, 0.25) is 5.91 Å². The van der Waals surface area contributed by atoms with E-state index < -0.39 is 0 Å². The number of rotatable bonds is 2. The average Bonchev–Trinajstić information content (AvgIpc) is 2.71.